The monoisotopic (exact) mass is 276 g/mol. The number of amides is 1. The van der Waals surface area contributed by atoms with E-state index in [-0.39, 0.29) is 11.8 Å². The number of aromatic nitrogens is 1. The van der Waals surface area contributed by atoms with E-state index in [1.807, 2.05) is 13.0 Å². The Morgan fingerprint density at radius 2 is 2.30 bits per heavy atom. The quantitative estimate of drug-likeness (QED) is 0.903. The van der Waals surface area contributed by atoms with Crippen molar-refractivity contribution in [2.24, 2.45) is 0 Å². The van der Waals surface area contributed by atoms with Gasteiger partial charge in [-0.3, -0.25) is 9.78 Å². The Kier molecular flexibility index (Phi) is 3.48. The number of aryl methyl sites for hydroxylation is 1. The van der Waals surface area contributed by atoms with E-state index in [1.165, 1.54) is 0 Å². The Morgan fingerprint density at radius 3 is 2.90 bits per heavy atom. The van der Waals surface area contributed by atoms with Gasteiger partial charge in [0.25, 0.3) is 0 Å². The fraction of sp³-hybridized carbons (Fsp3) is 0.600. The summed E-state index contributed by atoms with van der Waals surface area (Å²) >= 11 is 0. The first kappa shape index (κ1) is 13.5. The minimum Gasteiger partial charge on any atom is -0.374 e. The number of hydrogen-bond acceptors (Lipinski definition) is 4. The average molecular weight is 276 g/mol. The number of piperidine rings is 1. The molecule has 0 spiro atoms. The number of carbonyl (C=O) groups is 1. The minimum absolute atomic E-state index is 0.0973. The van der Waals surface area contributed by atoms with Gasteiger partial charge in [-0.25, -0.2) is 0 Å². The van der Waals surface area contributed by atoms with Crippen molar-refractivity contribution in [2.45, 2.75) is 31.3 Å². The zero-order valence-electron chi connectivity index (χ0n) is 11.9. The Balaban J connectivity index is 2.07. The Bertz CT molecular complexity index is 520. The third-order valence-electron chi connectivity index (χ3n) is 4.33. The topological polar surface area (TPSA) is 60.5 Å². The van der Waals surface area contributed by atoms with Crippen LogP contribution < -0.4 is 5.32 Å². The van der Waals surface area contributed by atoms with Gasteiger partial charge in [0.15, 0.2) is 5.60 Å². The fourth-order valence-electron chi connectivity index (χ4n) is 3.06. The van der Waals surface area contributed by atoms with Crippen molar-refractivity contribution in [3.8, 4) is 0 Å². The van der Waals surface area contributed by atoms with Crippen LogP contribution in [0, 0.1) is 6.92 Å². The highest BCUT2D eigenvalue weighted by Crippen LogP contribution is 2.39. The van der Waals surface area contributed by atoms with Crippen LogP contribution in [-0.2, 0) is 19.9 Å². The van der Waals surface area contributed by atoms with Gasteiger partial charge >= 0.3 is 0 Å². The molecule has 2 fully saturated rings. The minimum atomic E-state index is -0.487. The second-order valence-electron chi connectivity index (χ2n) is 5.57. The van der Waals surface area contributed by atoms with Gasteiger partial charge in [-0.1, -0.05) is 0 Å². The standard InChI is InChI=1S/C15H20N2O3/c1-10-5-7-16-13(15(19-2)8-20-9-15)12(10)11-4-3-6-17-14(11)18/h5,7,11H,3-4,6,8-9H2,1-2H3,(H,17,18). The summed E-state index contributed by atoms with van der Waals surface area (Å²) in [5.74, 6) is -0.0276. The molecule has 0 aromatic carbocycles. The van der Waals surface area contributed by atoms with Gasteiger partial charge in [-0.2, -0.15) is 0 Å². The molecule has 0 saturated carbocycles. The van der Waals surface area contributed by atoms with Crippen LogP contribution in [0.5, 0.6) is 0 Å². The summed E-state index contributed by atoms with van der Waals surface area (Å²) in [5, 5.41) is 2.95. The van der Waals surface area contributed by atoms with Crippen LogP contribution in [0.2, 0.25) is 0 Å². The summed E-state index contributed by atoms with van der Waals surface area (Å²) in [6.07, 6.45) is 3.65. The summed E-state index contributed by atoms with van der Waals surface area (Å²) in [6.45, 7) is 3.80. The molecule has 1 aromatic rings. The van der Waals surface area contributed by atoms with Crippen molar-refractivity contribution in [1.82, 2.24) is 10.3 Å². The van der Waals surface area contributed by atoms with Gasteiger partial charge in [0.1, 0.15) is 0 Å². The van der Waals surface area contributed by atoms with Crippen LogP contribution in [0.15, 0.2) is 12.3 Å². The van der Waals surface area contributed by atoms with Crippen LogP contribution in [-0.4, -0.2) is 37.8 Å². The van der Waals surface area contributed by atoms with Gasteiger partial charge in [0.2, 0.25) is 5.91 Å². The molecular weight excluding hydrogens is 256 g/mol. The van der Waals surface area contributed by atoms with Crippen molar-refractivity contribution in [1.29, 1.82) is 0 Å². The van der Waals surface area contributed by atoms with E-state index in [0.717, 1.165) is 36.2 Å². The smallest absolute Gasteiger partial charge is 0.227 e. The number of carbonyl (C=O) groups excluding carboxylic acids is 1. The molecule has 0 bridgehead atoms. The molecule has 1 aromatic heterocycles. The van der Waals surface area contributed by atoms with Gasteiger partial charge < -0.3 is 14.8 Å². The van der Waals surface area contributed by atoms with Gasteiger partial charge in [0.05, 0.1) is 24.8 Å². The van der Waals surface area contributed by atoms with Crippen molar-refractivity contribution < 1.29 is 14.3 Å². The molecule has 1 unspecified atom stereocenters. The molecule has 20 heavy (non-hydrogen) atoms. The van der Waals surface area contributed by atoms with Crippen molar-refractivity contribution in [3.63, 3.8) is 0 Å². The van der Waals surface area contributed by atoms with Crippen molar-refractivity contribution in [3.05, 3.63) is 29.1 Å². The molecule has 3 rings (SSSR count). The number of rotatable bonds is 3. The van der Waals surface area contributed by atoms with E-state index in [2.05, 4.69) is 10.3 Å². The largest absolute Gasteiger partial charge is 0.374 e. The Hall–Kier alpha value is -1.46. The number of methoxy groups -OCH3 is 1. The molecule has 2 saturated heterocycles. The molecule has 1 amide bonds. The summed E-state index contributed by atoms with van der Waals surface area (Å²) in [6, 6.07) is 1.96. The predicted octanol–water partition coefficient (Wildman–Crippen LogP) is 1.26. The highest BCUT2D eigenvalue weighted by atomic mass is 16.6. The fourth-order valence-corrected chi connectivity index (χ4v) is 3.06. The SMILES string of the molecule is COC1(c2nccc(C)c2C2CCCNC2=O)COC1. The normalized spacial score (nSPS) is 24.9. The van der Waals surface area contributed by atoms with E-state index in [4.69, 9.17) is 9.47 Å². The van der Waals surface area contributed by atoms with Crippen LogP contribution >= 0.6 is 0 Å². The number of nitrogens with one attached hydrogen (secondary N) is 1. The third kappa shape index (κ3) is 2.01. The van der Waals surface area contributed by atoms with E-state index in [9.17, 15) is 4.79 Å². The van der Waals surface area contributed by atoms with E-state index >= 15 is 0 Å². The van der Waals surface area contributed by atoms with Crippen LogP contribution in [0.4, 0.5) is 0 Å². The molecule has 5 nitrogen and oxygen atoms in total. The maximum absolute atomic E-state index is 12.2. The molecule has 108 valence electrons. The summed E-state index contributed by atoms with van der Waals surface area (Å²) < 4.78 is 11.0. The second-order valence-corrected chi connectivity index (χ2v) is 5.57. The summed E-state index contributed by atoms with van der Waals surface area (Å²) in [4.78, 5) is 16.7. The zero-order chi connectivity index (χ0) is 14.2. The molecule has 0 aliphatic carbocycles. The molecule has 1 N–H and O–H groups in total. The maximum Gasteiger partial charge on any atom is 0.227 e. The number of ether oxygens (including phenoxy) is 2. The molecular formula is C15H20N2O3. The summed E-state index contributed by atoms with van der Waals surface area (Å²) in [5.41, 5.74) is 2.50. The van der Waals surface area contributed by atoms with Crippen LogP contribution in [0.25, 0.3) is 0 Å². The first-order valence-electron chi connectivity index (χ1n) is 7.04. The maximum atomic E-state index is 12.2. The highest BCUT2D eigenvalue weighted by molar-refractivity contribution is 5.85. The van der Waals surface area contributed by atoms with Gasteiger partial charge in [-0.05, 0) is 37.0 Å². The molecule has 1 atom stereocenters. The number of nitrogens with zero attached hydrogens (tertiary/aromatic N) is 1. The lowest BCUT2D eigenvalue weighted by atomic mass is 9.81. The van der Waals surface area contributed by atoms with Crippen LogP contribution in [0.3, 0.4) is 0 Å². The Labute approximate surface area is 118 Å². The van der Waals surface area contributed by atoms with E-state index in [0.29, 0.717) is 13.2 Å². The first-order valence-corrected chi connectivity index (χ1v) is 7.04. The lowest BCUT2D eigenvalue weighted by molar-refractivity contribution is -0.205. The lowest BCUT2D eigenvalue weighted by Crippen LogP contribution is -2.50. The number of pyridine rings is 1. The lowest BCUT2D eigenvalue weighted by Gasteiger charge is -2.41. The highest BCUT2D eigenvalue weighted by Gasteiger charge is 2.45. The Morgan fingerprint density at radius 1 is 1.50 bits per heavy atom. The molecule has 2 aliphatic rings. The predicted molar refractivity (Wildman–Crippen MR) is 73.5 cm³/mol. The van der Waals surface area contributed by atoms with Gasteiger partial charge in [-0.15, -0.1) is 0 Å². The van der Waals surface area contributed by atoms with Crippen molar-refractivity contribution in [2.75, 3.05) is 26.9 Å². The van der Waals surface area contributed by atoms with Crippen molar-refractivity contribution >= 4 is 5.91 Å². The van der Waals surface area contributed by atoms with Gasteiger partial charge in [0, 0.05) is 19.9 Å². The molecule has 3 heterocycles. The zero-order valence-corrected chi connectivity index (χ0v) is 11.9. The van der Waals surface area contributed by atoms with Crippen LogP contribution in [0.1, 0.15) is 35.6 Å². The number of hydrogen-bond donors (Lipinski definition) is 1. The third-order valence-corrected chi connectivity index (χ3v) is 4.33. The second kappa shape index (κ2) is 5.14. The van der Waals surface area contributed by atoms with E-state index in [1.54, 1.807) is 13.3 Å². The summed E-state index contributed by atoms with van der Waals surface area (Å²) in [7, 11) is 1.68. The average Bonchev–Trinajstić information content (AvgIpc) is 2.40. The van der Waals surface area contributed by atoms with E-state index < -0.39 is 5.60 Å². The first-order chi connectivity index (χ1) is 9.68. The molecule has 0 radical (unpaired) electrons. The molecule has 2 aliphatic heterocycles. The molecule has 5 heteroatoms.